The molecular formula is C17H18N2O6S. The molecule has 0 saturated heterocycles. The molecule has 138 valence electrons. The highest BCUT2D eigenvalue weighted by Crippen LogP contribution is 2.14. The second kappa shape index (κ2) is 8.09. The third-order valence-electron chi connectivity index (χ3n) is 3.48. The van der Waals surface area contributed by atoms with Crippen LogP contribution in [0.15, 0.2) is 53.4 Å². The number of aliphatic hydroxyl groups is 1. The lowest BCUT2D eigenvalue weighted by molar-refractivity contribution is -0.123. The Labute approximate surface area is 150 Å². The highest BCUT2D eigenvalue weighted by molar-refractivity contribution is 7.89. The molecule has 0 fully saturated rings. The highest BCUT2D eigenvalue weighted by atomic mass is 32.2. The van der Waals surface area contributed by atoms with Crippen molar-refractivity contribution >= 4 is 27.6 Å². The topological polar surface area (TPSA) is 136 Å². The Kier molecular flexibility index (Phi) is 6.09. The number of sulfonamides is 1. The van der Waals surface area contributed by atoms with Crippen molar-refractivity contribution in [3.05, 3.63) is 59.7 Å². The number of esters is 1. The van der Waals surface area contributed by atoms with Gasteiger partial charge in [-0.2, -0.15) is 0 Å². The van der Waals surface area contributed by atoms with E-state index in [4.69, 9.17) is 15.0 Å². The first kappa shape index (κ1) is 19.6. The molecule has 2 rings (SSSR count). The molecule has 0 aliphatic rings. The van der Waals surface area contributed by atoms with Gasteiger partial charge in [-0.1, -0.05) is 12.1 Å². The molecule has 0 aliphatic heterocycles. The van der Waals surface area contributed by atoms with Gasteiger partial charge in [0.15, 0.2) is 6.10 Å². The van der Waals surface area contributed by atoms with E-state index < -0.39 is 28.0 Å². The quantitative estimate of drug-likeness (QED) is 0.642. The van der Waals surface area contributed by atoms with E-state index in [0.717, 1.165) is 0 Å². The number of amides is 1. The molecule has 0 unspecified atom stereocenters. The Bertz CT molecular complexity index is 892. The van der Waals surface area contributed by atoms with E-state index in [2.05, 4.69) is 5.32 Å². The minimum atomic E-state index is -3.81. The van der Waals surface area contributed by atoms with Crippen LogP contribution in [0.5, 0.6) is 0 Å². The number of nitrogens with two attached hydrogens (primary N) is 1. The maximum Gasteiger partial charge on any atom is 0.338 e. The minimum Gasteiger partial charge on any atom is -0.449 e. The van der Waals surface area contributed by atoms with Gasteiger partial charge in [-0.05, 0) is 48.9 Å². The summed E-state index contributed by atoms with van der Waals surface area (Å²) < 4.78 is 27.5. The molecule has 1 atom stereocenters. The number of hydrogen-bond donors (Lipinski definition) is 3. The van der Waals surface area contributed by atoms with Crippen molar-refractivity contribution in [2.24, 2.45) is 5.14 Å². The van der Waals surface area contributed by atoms with Gasteiger partial charge >= 0.3 is 5.97 Å². The average Bonchev–Trinajstić information content (AvgIpc) is 2.61. The van der Waals surface area contributed by atoms with Crippen molar-refractivity contribution in [1.82, 2.24) is 0 Å². The molecule has 0 saturated carbocycles. The second-order valence-electron chi connectivity index (χ2n) is 5.46. The van der Waals surface area contributed by atoms with Crippen LogP contribution >= 0.6 is 0 Å². The first-order chi connectivity index (χ1) is 12.2. The van der Waals surface area contributed by atoms with E-state index in [1.54, 1.807) is 12.1 Å². The van der Waals surface area contributed by atoms with E-state index in [1.807, 2.05) is 0 Å². The van der Waals surface area contributed by atoms with Gasteiger partial charge in [0, 0.05) is 5.69 Å². The van der Waals surface area contributed by atoms with Crippen LogP contribution in [0.2, 0.25) is 0 Å². The summed E-state index contributed by atoms with van der Waals surface area (Å²) in [7, 11) is -3.81. The predicted octanol–water partition coefficient (Wildman–Crippen LogP) is 1.01. The minimum absolute atomic E-state index is 0.0821. The monoisotopic (exact) mass is 378 g/mol. The maximum atomic E-state index is 12.1. The molecule has 0 aliphatic carbocycles. The number of nitrogens with one attached hydrogen (secondary N) is 1. The van der Waals surface area contributed by atoms with Crippen molar-refractivity contribution in [2.45, 2.75) is 24.5 Å². The van der Waals surface area contributed by atoms with Gasteiger partial charge < -0.3 is 15.2 Å². The van der Waals surface area contributed by atoms with Gasteiger partial charge in [-0.25, -0.2) is 18.4 Å². The first-order valence-corrected chi connectivity index (χ1v) is 9.10. The second-order valence-corrected chi connectivity index (χ2v) is 7.02. The van der Waals surface area contributed by atoms with Gasteiger partial charge in [0.05, 0.1) is 17.1 Å². The zero-order chi connectivity index (χ0) is 19.3. The average molecular weight is 378 g/mol. The summed E-state index contributed by atoms with van der Waals surface area (Å²) in [6.45, 7) is 1.27. The van der Waals surface area contributed by atoms with Gasteiger partial charge in [-0.3, -0.25) is 4.79 Å². The number of hydrogen-bond acceptors (Lipinski definition) is 6. The summed E-state index contributed by atoms with van der Waals surface area (Å²) in [6, 6.07) is 11.4. The molecule has 0 heterocycles. The van der Waals surface area contributed by atoms with Gasteiger partial charge in [0.2, 0.25) is 10.0 Å². The van der Waals surface area contributed by atoms with Gasteiger partial charge in [-0.15, -0.1) is 0 Å². The lowest BCUT2D eigenvalue weighted by Gasteiger charge is -2.14. The van der Waals surface area contributed by atoms with Crippen LogP contribution in [-0.2, 0) is 26.2 Å². The Morgan fingerprint density at radius 1 is 1.12 bits per heavy atom. The van der Waals surface area contributed by atoms with Crippen LogP contribution in [0.4, 0.5) is 5.69 Å². The molecule has 1 amide bonds. The highest BCUT2D eigenvalue weighted by Gasteiger charge is 2.19. The molecule has 8 nitrogen and oxygen atoms in total. The zero-order valence-corrected chi connectivity index (χ0v) is 14.7. The Hall–Kier alpha value is -2.75. The van der Waals surface area contributed by atoms with Crippen LogP contribution in [0.25, 0.3) is 0 Å². The van der Waals surface area contributed by atoms with Crippen LogP contribution < -0.4 is 10.5 Å². The molecule has 0 bridgehead atoms. The van der Waals surface area contributed by atoms with Crippen molar-refractivity contribution in [3.63, 3.8) is 0 Å². The fourth-order valence-corrected chi connectivity index (χ4v) is 2.52. The van der Waals surface area contributed by atoms with Gasteiger partial charge in [0.1, 0.15) is 0 Å². The Morgan fingerprint density at radius 2 is 1.69 bits per heavy atom. The number of rotatable bonds is 6. The third-order valence-corrected chi connectivity index (χ3v) is 4.40. The number of primary sulfonamides is 1. The number of anilines is 1. The lowest BCUT2D eigenvalue weighted by atomic mass is 10.1. The third kappa shape index (κ3) is 5.12. The molecule has 0 aromatic heterocycles. The molecule has 4 N–H and O–H groups in total. The number of carbonyl (C=O) groups excluding carboxylic acids is 2. The molecule has 2 aromatic carbocycles. The van der Waals surface area contributed by atoms with E-state index in [1.165, 1.54) is 43.3 Å². The van der Waals surface area contributed by atoms with Crippen LogP contribution in [0.3, 0.4) is 0 Å². The standard InChI is InChI=1S/C17H18N2O6S/c1-11(25-17(22)13-4-2-12(10-20)3-5-13)16(21)19-14-6-8-15(9-7-14)26(18,23)24/h2-9,11,20H,10H2,1H3,(H,19,21)(H2,18,23,24)/t11-/m0/s1. The fourth-order valence-electron chi connectivity index (χ4n) is 2.00. The molecule has 0 spiro atoms. The summed E-state index contributed by atoms with van der Waals surface area (Å²) >= 11 is 0. The van der Waals surface area contributed by atoms with E-state index in [-0.39, 0.29) is 17.1 Å². The summed E-state index contributed by atoms with van der Waals surface area (Å²) in [6.07, 6.45) is -1.07. The van der Waals surface area contributed by atoms with Crippen molar-refractivity contribution in [2.75, 3.05) is 5.32 Å². The smallest absolute Gasteiger partial charge is 0.338 e. The molecule has 2 aromatic rings. The normalized spacial score (nSPS) is 12.3. The lowest BCUT2D eigenvalue weighted by Crippen LogP contribution is -2.30. The summed E-state index contributed by atoms with van der Waals surface area (Å²) in [4.78, 5) is 24.0. The summed E-state index contributed by atoms with van der Waals surface area (Å²) in [5.74, 6) is -1.25. The molecule has 0 radical (unpaired) electrons. The largest absolute Gasteiger partial charge is 0.449 e. The summed E-state index contributed by atoms with van der Waals surface area (Å²) in [5, 5.41) is 16.5. The fraction of sp³-hybridized carbons (Fsp3) is 0.176. The molecule has 26 heavy (non-hydrogen) atoms. The maximum absolute atomic E-state index is 12.1. The number of aliphatic hydroxyl groups excluding tert-OH is 1. The predicted molar refractivity (Wildman–Crippen MR) is 93.7 cm³/mol. The van der Waals surface area contributed by atoms with Crippen LogP contribution in [0, 0.1) is 0 Å². The Morgan fingerprint density at radius 3 is 2.19 bits per heavy atom. The SMILES string of the molecule is C[C@H](OC(=O)c1ccc(CO)cc1)C(=O)Nc1ccc(S(N)(=O)=O)cc1. The van der Waals surface area contributed by atoms with Crippen molar-refractivity contribution in [3.8, 4) is 0 Å². The van der Waals surface area contributed by atoms with Gasteiger partial charge in [0.25, 0.3) is 5.91 Å². The van der Waals surface area contributed by atoms with Crippen molar-refractivity contribution < 1.29 is 27.9 Å². The van der Waals surface area contributed by atoms with Crippen LogP contribution in [0.1, 0.15) is 22.8 Å². The molecule has 9 heteroatoms. The van der Waals surface area contributed by atoms with Crippen molar-refractivity contribution in [1.29, 1.82) is 0 Å². The summed E-state index contributed by atoms with van der Waals surface area (Å²) in [5.41, 5.74) is 1.23. The van der Waals surface area contributed by atoms with E-state index in [9.17, 15) is 18.0 Å². The van der Waals surface area contributed by atoms with E-state index >= 15 is 0 Å². The first-order valence-electron chi connectivity index (χ1n) is 7.55. The van der Waals surface area contributed by atoms with E-state index in [0.29, 0.717) is 11.3 Å². The number of benzene rings is 2. The zero-order valence-electron chi connectivity index (χ0n) is 13.9. The molecular weight excluding hydrogens is 360 g/mol. The number of carbonyl (C=O) groups is 2. The Balaban J connectivity index is 1.97. The van der Waals surface area contributed by atoms with Crippen LogP contribution in [-0.4, -0.2) is 31.5 Å². The number of ether oxygens (including phenoxy) is 1.